The van der Waals surface area contributed by atoms with Gasteiger partial charge in [0.05, 0.1) is 5.69 Å². The Labute approximate surface area is 117 Å². The molecule has 108 valence electrons. The molecule has 0 radical (unpaired) electrons. The summed E-state index contributed by atoms with van der Waals surface area (Å²) in [5.41, 5.74) is 3.89. The summed E-state index contributed by atoms with van der Waals surface area (Å²) in [6, 6.07) is 1.22. The maximum atomic E-state index is 4.52. The molecule has 0 aromatic carbocycles. The summed E-state index contributed by atoms with van der Waals surface area (Å²) in [5, 5.41) is 8.19. The van der Waals surface area contributed by atoms with Gasteiger partial charge in [0.1, 0.15) is 0 Å². The third-order valence-corrected chi connectivity index (χ3v) is 4.12. The molecule has 1 unspecified atom stereocenters. The Bertz CT molecular complexity index is 422. The molecule has 0 amide bonds. The Morgan fingerprint density at radius 1 is 1.37 bits per heavy atom. The van der Waals surface area contributed by atoms with Crippen molar-refractivity contribution in [3.05, 3.63) is 17.0 Å². The second kappa shape index (κ2) is 6.06. The van der Waals surface area contributed by atoms with Crippen molar-refractivity contribution in [3.63, 3.8) is 0 Å². The zero-order chi connectivity index (χ0) is 14.0. The van der Waals surface area contributed by atoms with E-state index in [0.29, 0.717) is 12.1 Å². The average molecular weight is 264 g/mol. The van der Waals surface area contributed by atoms with E-state index < -0.39 is 0 Å². The SMILES string of the molecule is Cc1nn(C)c(C)c1CN1CCCC(NC(C)C)C1. The average Bonchev–Trinajstić information content (AvgIpc) is 2.56. The highest BCUT2D eigenvalue weighted by Gasteiger charge is 2.22. The monoisotopic (exact) mass is 264 g/mol. The molecule has 1 aliphatic rings. The first kappa shape index (κ1) is 14.5. The molecule has 4 nitrogen and oxygen atoms in total. The Kier molecular flexibility index (Phi) is 4.63. The number of aryl methyl sites for hydroxylation is 2. The number of hydrogen-bond donors (Lipinski definition) is 1. The minimum atomic E-state index is 0.576. The van der Waals surface area contributed by atoms with Crippen LogP contribution in [0.5, 0.6) is 0 Å². The summed E-state index contributed by atoms with van der Waals surface area (Å²) in [4.78, 5) is 2.57. The molecule has 1 aliphatic heterocycles. The van der Waals surface area contributed by atoms with E-state index in [9.17, 15) is 0 Å². The third kappa shape index (κ3) is 3.57. The molecule has 2 heterocycles. The molecule has 1 N–H and O–H groups in total. The largest absolute Gasteiger partial charge is 0.311 e. The summed E-state index contributed by atoms with van der Waals surface area (Å²) < 4.78 is 2.00. The van der Waals surface area contributed by atoms with Gasteiger partial charge in [-0.3, -0.25) is 9.58 Å². The first-order valence-corrected chi connectivity index (χ1v) is 7.45. The van der Waals surface area contributed by atoms with Gasteiger partial charge in [-0.15, -0.1) is 0 Å². The topological polar surface area (TPSA) is 33.1 Å². The highest BCUT2D eigenvalue weighted by molar-refractivity contribution is 5.24. The van der Waals surface area contributed by atoms with Gasteiger partial charge in [0, 0.05) is 43.5 Å². The van der Waals surface area contributed by atoms with E-state index in [1.165, 1.54) is 36.3 Å². The molecule has 0 aliphatic carbocycles. The van der Waals surface area contributed by atoms with Gasteiger partial charge in [0.25, 0.3) is 0 Å². The van der Waals surface area contributed by atoms with Crippen LogP contribution in [0.15, 0.2) is 0 Å². The van der Waals surface area contributed by atoms with Crippen LogP contribution in [0.4, 0.5) is 0 Å². The van der Waals surface area contributed by atoms with Crippen LogP contribution in [-0.4, -0.2) is 39.9 Å². The van der Waals surface area contributed by atoms with Gasteiger partial charge >= 0.3 is 0 Å². The summed E-state index contributed by atoms with van der Waals surface area (Å²) in [5.74, 6) is 0. The van der Waals surface area contributed by atoms with Crippen LogP contribution in [0.2, 0.25) is 0 Å². The second-order valence-electron chi connectivity index (χ2n) is 6.17. The van der Waals surface area contributed by atoms with E-state index in [0.717, 1.165) is 13.1 Å². The number of hydrogen-bond acceptors (Lipinski definition) is 3. The lowest BCUT2D eigenvalue weighted by Gasteiger charge is -2.34. The number of likely N-dealkylation sites (tertiary alicyclic amines) is 1. The van der Waals surface area contributed by atoms with Crippen molar-refractivity contribution in [3.8, 4) is 0 Å². The Morgan fingerprint density at radius 2 is 2.11 bits per heavy atom. The maximum absolute atomic E-state index is 4.52. The lowest BCUT2D eigenvalue weighted by atomic mass is 10.0. The van der Waals surface area contributed by atoms with Gasteiger partial charge in [0.15, 0.2) is 0 Å². The fraction of sp³-hybridized carbons (Fsp3) is 0.800. The summed E-state index contributed by atoms with van der Waals surface area (Å²) in [6.07, 6.45) is 2.60. The quantitative estimate of drug-likeness (QED) is 0.903. The fourth-order valence-electron chi connectivity index (χ4n) is 3.08. The number of piperidine rings is 1. The van der Waals surface area contributed by atoms with E-state index in [4.69, 9.17) is 0 Å². The van der Waals surface area contributed by atoms with Gasteiger partial charge in [-0.25, -0.2) is 0 Å². The minimum absolute atomic E-state index is 0.576. The number of aromatic nitrogens is 2. The van der Waals surface area contributed by atoms with Gasteiger partial charge in [0.2, 0.25) is 0 Å². The number of nitrogens with one attached hydrogen (secondary N) is 1. The normalized spacial score (nSPS) is 21.3. The molecule has 2 rings (SSSR count). The molecule has 1 aromatic rings. The molecular weight excluding hydrogens is 236 g/mol. The predicted octanol–water partition coefficient (Wildman–Crippen LogP) is 2.00. The molecule has 1 saturated heterocycles. The zero-order valence-corrected chi connectivity index (χ0v) is 13.0. The van der Waals surface area contributed by atoms with E-state index >= 15 is 0 Å². The molecule has 0 saturated carbocycles. The number of nitrogens with zero attached hydrogens (tertiary/aromatic N) is 3. The van der Waals surface area contributed by atoms with Crippen molar-refractivity contribution in [2.24, 2.45) is 7.05 Å². The Morgan fingerprint density at radius 3 is 2.68 bits per heavy atom. The van der Waals surface area contributed by atoms with E-state index in [2.05, 4.69) is 43.0 Å². The standard InChI is InChI=1S/C15H28N4/c1-11(2)16-14-7-6-8-19(9-14)10-15-12(3)17-18(5)13(15)4/h11,14,16H,6-10H2,1-5H3. The molecule has 0 bridgehead atoms. The summed E-state index contributed by atoms with van der Waals surface area (Å²) >= 11 is 0. The van der Waals surface area contributed by atoms with E-state index in [-0.39, 0.29) is 0 Å². The van der Waals surface area contributed by atoms with E-state index in [1.807, 2.05) is 11.7 Å². The fourth-order valence-corrected chi connectivity index (χ4v) is 3.08. The molecule has 1 atom stereocenters. The third-order valence-electron chi connectivity index (χ3n) is 4.12. The van der Waals surface area contributed by atoms with Crippen molar-refractivity contribution in [2.75, 3.05) is 13.1 Å². The lowest BCUT2D eigenvalue weighted by molar-refractivity contribution is 0.178. The molecule has 1 fully saturated rings. The second-order valence-corrected chi connectivity index (χ2v) is 6.17. The van der Waals surface area contributed by atoms with Crippen molar-refractivity contribution >= 4 is 0 Å². The van der Waals surface area contributed by atoms with Crippen molar-refractivity contribution in [2.45, 2.75) is 59.2 Å². The minimum Gasteiger partial charge on any atom is -0.311 e. The highest BCUT2D eigenvalue weighted by Crippen LogP contribution is 2.18. The first-order valence-electron chi connectivity index (χ1n) is 7.45. The van der Waals surface area contributed by atoms with Gasteiger partial charge in [-0.05, 0) is 33.2 Å². The lowest BCUT2D eigenvalue weighted by Crippen LogP contribution is -2.47. The van der Waals surface area contributed by atoms with Gasteiger partial charge in [-0.2, -0.15) is 5.10 Å². The zero-order valence-electron chi connectivity index (χ0n) is 13.0. The molecule has 19 heavy (non-hydrogen) atoms. The maximum Gasteiger partial charge on any atom is 0.0641 e. The summed E-state index contributed by atoms with van der Waals surface area (Å²) in [7, 11) is 2.03. The summed E-state index contributed by atoms with van der Waals surface area (Å²) in [6.45, 7) is 12.2. The Balaban J connectivity index is 1.98. The molecule has 4 heteroatoms. The number of rotatable bonds is 4. The molecule has 0 spiro atoms. The van der Waals surface area contributed by atoms with Crippen LogP contribution in [0.3, 0.4) is 0 Å². The van der Waals surface area contributed by atoms with Gasteiger partial charge in [-0.1, -0.05) is 13.8 Å². The smallest absolute Gasteiger partial charge is 0.0641 e. The predicted molar refractivity (Wildman–Crippen MR) is 79.3 cm³/mol. The van der Waals surface area contributed by atoms with Crippen molar-refractivity contribution < 1.29 is 0 Å². The van der Waals surface area contributed by atoms with Crippen LogP contribution in [0.1, 0.15) is 43.6 Å². The van der Waals surface area contributed by atoms with Crippen molar-refractivity contribution in [1.82, 2.24) is 20.0 Å². The van der Waals surface area contributed by atoms with Crippen LogP contribution < -0.4 is 5.32 Å². The molecule has 1 aromatic heterocycles. The van der Waals surface area contributed by atoms with Crippen molar-refractivity contribution in [1.29, 1.82) is 0 Å². The van der Waals surface area contributed by atoms with Crippen LogP contribution >= 0.6 is 0 Å². The first-order chi connectivity index (χ1) is 8.97. The van der Waals surface area contributed by atoms with Crippen LogP contribution in [-0.2, 0) is 13.6 Å². The van der Waals surface area contributed by atoms with Crippen LogP contribution in [0.25, 0.3) is 0 Å². The highest BCUT2D eigenvalue weighted by atomic mass is 15.3. The van der Waals surface area contributed by atoms with E-state index in [1.54, 1.807) is 0 Å². The Hall–Kier alpha value is -0.870. The van der Waals surface area contributed by atoms with Crippen LogP contribution in [0, 0.1) is 13.8 Å². The molecular formula is C15H28N4. The van der Waals surface area contributed by atoms with Gasteiger partial charge < -0.3 is 5.32 Å².